The van der Waals surface area contributed by atoms with Gasteiger partial charge in [-0.2, -0.15) is 0 Å². The Hall–Kier alpha value is -3.26. The lowest BCUT2D eigenvalue weighted by Gasteiger charge is -2.23. The van der Waals surface area contributed by atoms with Gasteiger partial charge in [0.1, 0.15) is 29.9 Å². The summed E-state index contributed by atoms with van der Waals surface area (Å²) in [4.78, 5) is 27.5. The van der Waals surface area contributed by atoms with Crippen LogP contribution in [0.3, 0.4) is 0 Å². The molecule has 4 rings (SSSR count). The summed E-state index contributed by atoms with van der Waals surface area (Å²) < 4.78 is 11.6. The van der Waals surface area contributed by atoms with Crippen molar-refractivity contribution >= 4 is 11.9 Å². The number of hydrogen-bond donors (Lipinski definition) is 2. The Morgan fingerprint density at radius 3 is 2.74 bits per heavy atom. The van der Waals surface area contributed by atoms with Gasteiger partial charge in [-0.1, -0.05) is 12.1 Å². The van der Waals surface area contributed by atoms with Gasteiger partial charge >= 0.3 is 5.97 Å². The molecule has 2 aromatic rings. The number of benzene rings is 2. The van der Waals surface area contributed by atoms with Crippen LogP contribution in [0.4, 0.5) is 0 Å². The predicted molar refractivity (Wildman–Crippen MR) is 125 cm³/mol. The van der Waals surface area contributed by atoms with Crippen molar-refractivity contribution in [2.75, 3.05) is 33.4 Å². The molecule has 2 aliphatic rings. The molecule has 0 saturated carbocycles. The van der Waals surface area contributed by atoms with E-state index in [4.69, 9.17) is 9.47 Å². The van der Waals surface area contributed by atoms with Gasteiger partial charge < -0.3 is 24.6 Å². The number of aliphatic carboxylic acids is 1. The van der Waals surface area contributed by atoms with E-state index >= 15 is 0 Å². The van der Waals surface area contributed by atoms with Crippen molar-refractivity contribution in [2.45, 2.75) is 44.7 Å². The topological polar surface area (TPSA) is 99.5 Å². The van der Waals surface area contributed by atoms with Crippen molar-refractivity contribution in [3.05, 3.63) is 53.1 Å². The smallest absolute Gasteiger partial charge is 0.326 e. The number of carbonyl (C=O) groups excluding carboxylic acids is 1. The minimum absolute atomic E-state index is 0.108. The third-order valence-electron chi connectivity index (χ3n) is 6.52. The van der Waals surface area contributed by atoms with Crippen LogP contribution in [0.1, 0.15) is 42.4 Å². The second-order valence-electron chi connectivity index (χ2n) is 8.84. The van der Waals surface area contributed by atoms with Crippen LogP contribution < -0.4 is 9.47 Å². The molecule has 2 N–H and O–H groups in total. The zero-order valence-electron chi connectivity index (χ0n) is 19.5. The number of methoxy groups -OCH3 is 1. The van der Waals surface area contributed by atoms with Crippen LogP contribution in [0, 0.1) is 6.07 Å². The molecule has 1 amide bonds. The molecular formula is C26H31N2O6. The summed E-state index contributed by atoms with van der Waals surface area (Å²) in [6, 6.07) is 11.2. The second kappa shape index (κ2) is 10.8. The van der Waals surface area contributed by atoms with E-state index in [1.165, 1.54) is 23.8 Å². The molecule has 2 fully saturated rings. The number of hydrogen-bond acceptors (Lipinski definition) is 6. The average Bonchev–Trinajstić information content (AvgIpc) is 3.46. The number of phenols is 1. The van der Waals surface area contributed by atoms with Gasteiger partial charge in [0, 0.05) is 36.6 Å². The molecule has 181 valence electrons. The van der Waals surface area contributed by atoms with Crippen LogP contribution in [0.2, 0.25) is 0 Å². The summed E-state index contributed by atoms with van der Waals surface area (Å²) in [7, 11) is 1.56. The molecular weight excluding hydrogens is 436 g/mol. The molecule has 1 radical (unpaired) electrons. The quantitative estimate of drug-likeness (QED) is 0.554. The molecule has 8 heteroatoms. The van der Waals surface area contributed by atoms with Crippen molar-refractivity contribution in [3.63, 3.8) is 0 Å². The van der Waals surface area contributed by atoms with Gasteiger partial charge in [-0.25, -0.2) is 4.79 Å². The lowest BCUT2D eigenvalue weighted by molar-refractivity contribution is -0.146. The van der Waals surface area contributed by atoms with Crippen LogP contribution >= 0.6 is 0 Å². The normalized spacial score (nSPS) is 18.4. The Bertz CT molecular complexity index is 1030. The number of carbonyl (C=O) groups is 2. The first-order valence-electron chi connectivity index (χ1n) is 11.7. The molecule has 8 nitrogen and oxygen atoms in total. The zero-order chi connectivity index (χ0) is 24.1. The first-order chi connectivity index (χ1) is 16.4. The molecule has 0 aliphatic carbocycles. The Balaban J connectivity index is 1.46. The number of likely N-dealkylation sites (tertiary alicyclic amines) is 2. The summed E-state index contributed by atoms with van der Waals surface area (Å²) in [5.41, 5.74) is 2.54. The van der Waals surface area contributed by atoms with Crippen molar-refractivity contribution < 1.29 is 29.3 Å². The Kier molecular flexibility index (Phi) is 7.57. The molecule has 34 heavy (non-hydrogen) atoms. The monoisotopic (exact) mass is 467 g/mol. The molecule has 1 unspecified atom stereocenters. The van der Waals surface area contributed by atoms with E-state index in [0.29, 0.717) is 30.9 Å². The first kappa shape index (κ1) is 23.9. The van der Waals surface area contributed by atoms with Crippen molar-refractivity contribution in [1.82, 2.24) is 9.80 Å². The van der Waals surface area contributed by atoms with E-state index in [1.54, 1.807) is 13.2 Å². The second-order valence-corrected chi connectivity index (χ2v) is 8.84. The van der Waals surface area contributed by atoms with Crippen molar-refractivity contribution in [3.8, 4) is 17.2 Å². The number of rotatable bonds is 10. The maximum atomic E-state index is 12.2. The minimum atomic E-state index is -0.985. The summed E-state index contributed by atoms with van der Waals surface area (Å²) in [6.07, 6.45) is 3.55. The van der Waals surface area contributed by atoms with Gasteiger partial charge in [0.15, 0.2) is 0 Å². The number of amides is 1. The Morgan fingerprint density at radius 1 is 1.21 bits per heavy atom. The van der Waals surface area contributed by atoms with Crippen LogP contribution in [-0.2, 0) is 22.6 Å². The first-order valence-corrected chi connectivity index (χ1v) is 11.7. The van der Waals surface area contributed by atoms with Crippen LogP contribution in [0.25, 0.3) is 0 Å². The van der Waals surface area contributed by atoms with Gasteiger partial charge in [-0.05, 0) is 56.1 Å². The van der Waals surface area contributed by atoms with E-state index in [1.807, 2.05) is 18.2 Å². The number of phenolic OH excluding ortho intramolecular Hbond substituents is 1. The highest BCUT2D eigenvalue weighted by molar-refractivity contribution is 5.87. The highest BCUT2D eigenvalue weighted by atomic mass is 16.5. The lowest BCUT2D eigenvalue weighted by atomic mass is 10.0. The predicted octanol–water partition coefficient (Wildman–Crippen LogP) is 2.84. The fourth-order valence-electron chi connectivity index (χ4n) is 4.66. The van der Waals surface area contributed by atoms with E-state index in [2.05, 4.69) is 11.0 Å². The summed E-state index contributed by atoms with van der Waals surface area (Å²) >= 11 is 0. The summed E-state index contributed by atoms with van der Waals surface area (Å²) in [6.45, 7) is 3.79. The van der Waals surface area contributed by atoms with E-state index in [0.717, 1.165) is 36.3 Å². The maximum absolute atomic E-state index is 12.2. The lowest BCUT2D eigenvalue weighted by Crippen LogP contribution is -2.38. The van der Waals surface area contributed by atoms with E-state index in [9.17, 15) is 19.8 Å². The number of ether oxygens (including phenoxy) is 2. The molecule has 2 heterocycles. The van der Waals surface area contributed by atoms with Gasteiger partial charge in [0.05, 0.1) is 13.7 Å². The third kappa shape index (κ3) is 5.62. The zero-order valence-corrected chi connectivity index (χ0v) is 19.5. The van der Waals surface area contributed by atoms with Crippen LogP contribution in [0.5, 0.6) is 17.2 Å². The van der Waals surface area contributed by atoms with Gasteiger partial charge in [-0.15, -0.1) is 0 Å². The van der Waals surface area contributed by atoms with Crippen LogP contribution in [0.15, 0.2) is 30.3 Å². The van der Waals surface area contributed by atoms with Crippen molar-refractivity contribution in [1.29, 1.82) is 0 Å². The molecule has 0 spiro atoms. The molecule has 1 atom stereocenters. The standard InChI is InChI=1S/C26H31N2O6/c1-33-23-15-18(4-5-20(23)17-28-22(26(31)32)8-9-25(28)30)14-19-6-7-21(29)16-24(19)34-13-12-27-10-2-3-11-27/h4-5,7,15-16,22,29H,2-3,8-14,17H2,1H3,(H,31,32). The highest BCUT2D eigenvalue weighted by Crippen LogP contribution is 2.30. The molecule has 0 aromatic heterocycles. The maximum Gasteiger partial charge on any atom is 0.326 e. The largest absolute Gasteiger partial charge is 0.508 e. The van der Waals surface area contributed by atoms with E-state index < -0.39 is 12.0 Å². The summed E-state index contributed by atoms with van der Waals surface area (Å²) in [5, 5.41) is 19.4. The molecule has 2 aromatic carbocycles. The van der Waals surface area contributed by atoms with Crippen molar-refractivity contribution in [2.24, 2.45) is 0 Å². The SMILES string of the molecule is COc1cc(Cc2[c]cc(O)cc2OCCN2CCCC2)ccc1CN1C(=O)CCC1C(=O)O. The number of carboxylic acid groups (broad SMARTS) is 1. The van der Waals surface area contributed by atoms with Gasteiger partial charge in [0.2, 0.25) is 5.91 Å². The summed E-state index contributed by atoms with van der Waals surface area (Å²) in [5.74, 6) is 0.163. The average molecular weight is 468 g/mol. The molecule has 0 bridgehead atoms. The Morgan fingerprint density at radius 2 is 2.00 bits per heavy atom. The third-order valence-corrected chi connectivity index (χ3v) is 6.52. The number of nitrogens with zero attached hydrogens (tertiary/aromatic N) is 2. The molecule has 2 saturated heterocycles. The fourth-order valence-corrected chi connectivity index (χ4v) is 4.66. The Labute approximate surface area is 199 Å². The van der Waals surface area contributed by atoms with Gasteiger partial charge in [-0.3, -0.25) is 9.69 Å². The highest BCUT2D eigenvalue weighted by Gasteiger charge is 2.36. The number of aromatic hydroxyl groups is 1. The minimum Gasteiger partial charge on any atom is -0.508 e. The van der Waals surface area contributed by atoms with Gasteiger partial charge in [0.25, 0.3) is 0 Å². The fraction of sp³-hybridized carbons (Fsp3) is 0.462. The number of carboxylic acids is 1. The van der Waals surface area contributed by atoms with Crippen LogP contribution in [-0.4, -0.2) is 71.3 Å². The van der Waals surface area contributed by atoms with E-state index in [-0.39, 0.29) is 24.6 Å². The molecule has 2 aliphatic heterocycles.